The molecule has 2 heterocycles. The van der Waals surface area contributed by atoms with Crippen molar-refractivity contribution in [2.75, 3.05) is 39.4 Å². The van der Waals surface area contributed by atoms with E-state index in [4.69, 9.17) is 4.74 Å². The van der Waals surface area contributed by atoms with Crippen LogP contribution in [0, 0.1) is 6.92 Å². The maximum Gasteiger partial charge on any atom is 0.269 e. The molecular weight excluding hydrogens is 314 g/mol. The maximum atomic E-state index is 12.1. The first kappa shape index (κ1) is 17.9. The monoisotopic (exact) mass is 337 g/mol. The van der Waals surface area contributed by atoms with Crippen LogP contribution < -0.4 is 10.6 Å². The van der Waals surface area contributed by atoms with Gasteiger partial charge < -0.3 is 20.3 Å². The molecular formula is C15H23N5O4. The van der Waals surface area contributed by atoms with E-state index in [1.54, 1.807) is 22.6 Å². The second kappa shape index (κ2) is 8.44. The summed E-state index contributed by atoms with van der Waals surface area (Å²) < 4.78 is 6.74. The van der Waals surface area contributed by atoms with Crippen LogP contribution in [0.25, 0.3) is 0 Å². The van der Waals surface area contributed by atoms with Gasteiger partial charge in [-0.15, -0.1) is 0 Å². The summed E-state index contributed by atoms with van der Waals surface area (Å²) in [6.45, 7) is 6.07. The number of aryl methyl sites for hydroxylation is 2. The van der Waals surface area contributed by atoms with E-state index in [9.17, 15) is 14.4 Å². The van der Waals surface area contributed by atoms with Gasteiger partial charge in [0.15, 0.2) is 0 Å². The van der Waals surface area contributed by atoms with Crippen molar-refractivity contribution >= 4 is 17.7 Å². The molecule has 132 valence electrons. The second-order valence-electron chi connectivity index (χ2n) is 5.44. The average Bonchev–Trinajstić information content (AvgIpc) is 2.99. The molecule has 0 bridgehead atoms. The van der Waals surface area contributed by atoms with Gasteiger partial charge in [0.05, 0.1) is 32.0 Å². The van der Waals surface area contributed by atoms with E-state index in [-0.39, 0.29) is 24.9 Å². The van der Waals surface area contributed by atoms with Crippen molar-refractivity contribution in [3.8, 4) is 0 Å². The zero-order chi connectivity index (χ0) is 17.5. The van der Waals surface area contributed by atoms with E-state index >= 15 is 0 Å². The molecule has 1 aliphatic rings. The molecule has 0 atom stereocenters. The van der Waals surface area contributed by atoms with E-state index in [2.05, 4.69) is 15.7 Å². The zero-order valence-corrected chi connectivity index (χ0v) is 14.0. The van der Waals surface area contributed by atoms with Crippen LogP contribution in [-0.4, -0.2) is 71.8 Å². The largest absolute Gasteiger partial charge is 0.378 e. The second-order valence-corrected chi connectivity index (χ2v) is 5.44. The molecule has 0 aliphatic carbocycles. The minimum atomic E-state index is -0.413. The third kappa shape index (κ3) is 4.79. The number of nitrogens with one attached hydrogen (secondary N) is 2. The lowest BCUT2D eigenvalue weighted by molar-refractivity contribution is -0.136. The molecule has 1 fully saturated rings. The van der Waals surface area contributed by atoms with Gasteiger partial charge in [0.2, 0.25) is 11.8 Å². The predicted molar refractivity (Wildman–Crippen MR) is 85.4 cm³/mol. The van der Waals surface area contributed by atoms with Gasteiger partial charge in [0, 0.05) is 19.6 Å². The molecule has 1 aromatic heterocycles. The molecule has 9 heteroatoms. The van der Waals surface area contributed by atoms with E-state index in [0.717, 1.165) is 5.69 Å². The van der Waals surface area contributed by atoms with Crippen molar-refractivity contribution in [1.29, 1.82) is 0 Å². The molecule has 1 aromatic rings. The highest BCUT2D eigenvalue weighted by Gasteiger charge is 2.18. The number of morpholine rings is 1. The summed E-state index contributed by atoms with van der Waals surface area (Å²) in [6.07, 6.45) is 0. The smallest absolute Gasteiger partial charge is 0.269 e. The summed E-state index contributed by atoms with van der Waals surface area (Å²) in [6, 6.07) is 1.67. The van der Waals surface area contributed by atoms with E-state index < -0.39 is 5.91 Å². The number of carbonyl (C=O) groups is 3. The summed E-state index contributed by atoms with van der Waals surface area (Å²) in [5.74, 6) is -0.936. The quantitative estimate of drug-likeness (QED) is 0.687. The van der Waals surface area contributed by atoms with Gasteiger partial charge in [0.25, 0.3) is 5.91 Å². The van der Waals surface area contributed by atoms with E-state index in [0.29, 0.717) is 38.5 Å². The number of nitrogens with zero attached hydrogens (tertiary/aromatic N) is 3. The van der Waals surface area contributed by atoms with Crippen LogP contribution in [0.2, 0.25) is 0 Å². The third-order valence-corrected chi connectivity index (χ3v) is 3.64. The van der Waals surface area contributed by atoms with Gasteiger partial charge in [-0.05, 0) is 19.9 Å². The lowest BCUT2D eigenvalue weighted by Gasteiger charge is -2.26. The fraction of sp³-hybridized carbons (Fsp3) is 0.600. The van der Waals surface area contributed by atoms with Crippen molar-refractivity contribution in [2.45, 2.75) is 20.4 Å². The molecule has 1 saturated heterocycles. The van der Waals surface area contributed by atoms with Crippen molar-refractivity contribution in [1.82, 2.24) is 25.3 Å². The Balaban J connectivity index is 1.74. The predicted octanol–water partition coefficient (Wildman–Crippen LogP) is -1.08. The molecule has 0 aromatic carbocycles. The van der Waals surface area contributed by atoms with Crippen molar-refractivity contribution in [3.05, 3.63) is 17.5 Å². The number of hydrogen-bond donors (Lipinski definition) is 2. The Kier molecular flexibility index (Phi) is 6.30. The molecule has 24 heavy (non-hydrogen) atoms. The minimum absolute atomic E-state index is 0.0826. The Bertz CT molecular complexity index is 607. The highest BCUT2D eigenvalue weighted by atomic mass is 16.5. The molecule has 2 rings (SSSR count). The number of rotatable bonds is 6. The standard InChI is InChI=1S/C15H23N5O4/c1-3-20-12(8-11(2)18-20)15(23)17-9-13(21)16-10-14(22)19-4-6-24-7-5-19/h8H,3-7,9-10H2,1-2H3,(H,16,21)(H,17,23). The fourth-order valence-electron chi connectivity index (χ4n) is 2.38. The summed E-state index contributed by atoms with van der Waals surface area (Å²) in [5, 5.41) is 9.23. The van der Waals surface area contributed by atoms with E-state index in [1.165, 1.54) is 0 Å². The molecule has 0 spiro atoms. The van der Waals surface area contributed by atoms with Gasteiger partial charge in [-0.3, -0.25) is 19.1 Å². The number of carbonyl (C=O) groups excluding carboxylic acids is 3. The zero-order valence-electron chi connectivity index (χ0n) is 14.0. The highest BCUT2D eigenvalue weighted by Crippen LogP contribution is 2.03. The van der Waals surface area contributed by atoms with Crippen molar-refractivity contribution < 1.29 is 19.1 Å². The highest BCUT2D eigenvalue weighted by molar-refractivity contribution is 5.95. The van der Waals surface area contributed by atoms with Crippen LogP contribution in [0.5, 0.6) is 0 Å². The normalized spacial score (nSPS) is 14.3. The van der Waals surface area contributed by atoms with Crippen LogP contribution in [0.1, 0.15) is 23.1 Å². The Morgan fingerprint density at radius 3 is 2.58 bits per heavy atom. The number of aromatic nitrogens is 2. The Morgan fingerprint density at radius 1 is 1.21 bits per heavy atom. The van der Waals surface area contributed by atoms with Gasteiger partial charge in [-0.25, -0.2) is 0 Å². The van der Waals surface area contributed by atoms with Crippen molar-refractivity contribution in [2.24, 2.45) is 0 Å². The molecule has 0 radical (unpaired) electrons. The van der Waals surface area contributed by atoms with Crippen LogP contribution in [0.4, 0.5) is 0 Å². The molecule has 9 nitrogen and oxygen atoms in total. The van der Waals surface area contributed by atoms with Crippen LogP contribution >= 0.6 is 0 Å². The maximum absolute atomic E-state index is 12.1. The third-order valence-electron chi connectivity index (χ3n) is 3.64. The number of amides is 3. The van der Waals surface area contributed by atoms with E-state index in [1.807, 2.05) is 6.92 Å². The Labute approximate surface area is 140 Å². The van der Waals surface area contributed by atoms with Crippen LogP contribution in [-0.2, 0) is 20.9 Å². The number of hydrogen-bond acceptors (Lipinski definition) is 5. The molecule has 2 N–H and O–H groups in total. The molecule has 0 saturated carbocycles. The first-order valence-corrected chi connectivity index (χ1v) is 7.96. The Morgan fingerprint density at radius 2 is 1.92 bits per heavy atom. The van der Waals surface area contributed by atoms with Gasteiger partial charge in [-0.1, -0.05) is 0 Å². The first-order valence-electron chi connectivity index (χ1n) is 7.96. The lowest BCUT2D eigenvalue weighted by atomic mass is 10.3. The molecule has 3 amide bonds. The minimum Gasteiger partial charge on any atom is -0.378 e. The van der Waals surface area contributed by atoms with Crippen LogP contribution in [0.3, 0.4) is 0 Å². The van der Waals surface area contributed by atoms with Gasteiger partial charge in [-0.2, -0.15) is 5.10 Å². The Hall–Kier alpha value is -2.42. The summed E-state index contributed by atoms with van der Waals surface area (Å²) >= 11 is 0. The topological polar surface area (TPSA) is 106 Å². The van der Waals surface area contributed by atoms with Gasteiger partial charge >= 0.3 is 0 Å². The fourth-order valence-corrected chi connectivity index (χ4v) is 2.38. The number of ether oxygens (including phenoxy) is 1. The SMILES string of the molecule is CCn1nc(C)cc1C(=O)NCC(=O)NCC(=O)N1CCOCC1. The average molecular weight is 337 g/mol. The molecule has 1 aliphatic heterocycles. The summed E-state index contributed by atoms with van der Waals surface area (Å²) in [7, 11) is 0. The first-order chi connectivity index (χ1) is 11.5. The van der Waals surface area contributed by atoms with Crippen LogP contribution in [0.15, 0.2) is 6.07 Å². The van der Waals surface area contributed by atoms with Crippen molar-refractivity contribution in [3.63, 3.8) is 0 Å². The molecule has 0 unspecified atom stereocenters. The lowest BCUT2D eigenvalue weighted by Crippen LogP contribution is -2.47. The summed E-state index contributed by atoms with van der Waals surface area (Å²) in [5.41, 5.74) is 1.15. The van der Waals surface area contributed by atoms with Gasteiger partial charge in [0.1, 0.15) is 5.69 Å². The summed E-state index contributed by atoms with van der Waals surface area (Å²) in [4.78, 5) is 37.4.